The Hall–Kier alpha value is -1.26. The zero-order chi connectivity index (χ0) is 10.7. The highest BCUT2D eigenvalue weighted by molar-refractivity contribution is 5.93. The van der Waals surface area contributed by atoms with Crippen LogP contribution < -0.4 is 0 Å². The minimum Gasteiger partial charge on any atom is -0.290 e. The zero-order valence-electron chi connectivity index (χ0n) is 9.06. The number of tetrazole rings is 1. The molecule has 0 aliphatic heterocycles. The number of rotatable bonds is 4. The summed E-state index contributed by atoms with van der Waals surface area (Å²) in [5.74, 6) is 0.730. The van der Waals surface area contributed by atoms with Crippen LogP contribution in [0.1, 0.15) is 38.3 Å². The number of carbonyl (C=O) groups excluding carboxylic acids is 1. The van der Waals surface area contributed by atoms with Crippen molar-refractivity contribution >= 4 is 5.78 Å². The maximum Gasteiger partial charge on any atom is 0.218 e. The number of Topliss-reactive ketones (excluding diaryl/α,β-unsaturated/α-hetero) is 1. The van der Waals surface area contributed by atoms with Gasteiger partial charge in [0, 0.05) is 12.5 Å². The van der Waals surface area contributed by atoms with Gasteiger partial charge in [0.25, 0.3) is 0 Å². The number of nitrogens with zero attached hydrogens (tertiary/aromatic N) is 4. The van der Waals surface area contributed by atoms with Crippen molar-refractivity contribution in [3.63, 3.8) is 0 Å². The molecule has 5 nitrogen and oxygen atoms in total. The van der Waals surface area contributed by atoms with Gasteiger partial charge in [0.2, 0.25) is 11.6 Å². The zero-order valence-corrected chi connectivity index (χ0v) is 9.06. The van der Waals surface area contributed by atoms with Gasteiger partial charge >= 0.3 is 0 Å². The number of hydrogen-bond acceptors (Lipinski definition) is 4. The predicted octanol–water partition coefficient (Wildman–Crippen LogP) is 1.17. The molecule has 0 radical (unpaired) electrons. The average Bonchev–Trinajstić information content (AvgIpc) is 2.49. The van der Waals surface area contributed by atoms with E-state index < -0.39 is 0 Å². The van der Waals surface area contributed by atoms with Crippen LogP contribution in [-0.2, 0) is 6.54 Å². The van der Waals surface area contributed by atoms with Crippen LogP contribution in [0.2, 0.25) is 0 Å². The van der Waals surface area contributed by atoms with Gasteiger partial charge in [-0.25, -0.2) is 4.68 Å². The first-order valence-electron chi connectivity index (χ1n) is 4.82. The molecule has 0 saturated heterocycles. The topological polar surface area (TPSA) is 60.7 Å². The molecular weight excluding hydrogens is 180 g/mol. The van der Waals surface area contributed by atoms with E-state index in [1.165, 1.54) is 0 Å². The summed E-state index contributed by atoms with van der Waals surface area (Å²) in [6.45, 7) is 8.49. The van der Waals surface area contributed by atoms with Crippen LogP contribution in [0, 0.1) is 11.8 Å². The van der Waals surface area contributed by atoms with E-state index in [2.05, 4.69) is 29.4 Å². The van der Waals surface area contributed by atoms with Crippen LogP contribution in [0.5, 0.6) is 0 Å². The second kappa shape index (κ2) is 4.30. The first kappa shape index (κ1) is 10.8. The first-order valence-corrected chi connectivity index (χ1v) is 4.82. The molecule has 5 heteroatoms. The van der Waals surface area contributed by atoms with Crippen LogP contribution in [0.25, 0.3) is 0 Å². The molecule has 1 aromatic rings. The Morgan fingerprint density at radius 2 is 2.00 bits per heavy atom. The van der Waals surface area contributed by atoms with Crippen LogP contribution in [0.15, 0.2) is 0 Å². The van der Waals surface area contributed by atoms with Crippen molar-refractivity contribution in [3.05, 3.63) is 5.82 Å². The van der Waals surface area contributed by atoms with E-state index in [1.807, 2.05) is 13.8 Å². The highest BCUT2D eigenvalue weighted by Gasteiger charge is 2.18. The van der Waals surface area contributed by atoms with E-state index in [0.717, 1.165) is 0 Å². The molecule has 0 aliphatic rings. The Morgan fingerprint density at radius 1 is 1.36 bits per heavy atom. The number of aromatic nitrogens is 4. The van der Waals surface area contributed by atoms with Crippen molar-refractivity contribution in [1.29, 1.82) is 0 Å². The lowest BCUT2D eigenvalue weighted by atomic mass is 10.1. The molecule has 0 N–H and O–H groups in total. The Labute approximate surface area is 83.5 Å². The molecule has 0 saturated carbocycles. The molecular formula is C9H16N4O. The maximum atomic E-state index is 11.6. The Bertz CT molecular complexity index is 316. The third-order valence-electron chi connectivity index (χ3n) is 1.81. The highest BCUT2D eigenvalue weighted by atomic mass is 16.1. The Morgan fingerprint density at radius 3 is 2.50 bits per heavy atom. The summed E-state index contributed by atoms with van der Waals surface area (Å²) in [5, 5.41) is 11.1. The lowest BCUT2D eigenvalue weighted by Crippen LogP contribution is -2.18. The first-order chi connectivity index (χ1) is 6.52. The van der Waals surface area contributed by atoms with Crippen LogP contribution >= 0.6 is 0 Å². The van der Waals surface area contributed by atoms with Gasteiger partial charge in [0.05, 0.1) is 0 Å². The van der Waals surface area contributed by atoms with Gasteiger partial charge in [-0.3, -0.25) is 4.79 Å². The largest absolute Gasteiger partial charge is 0.290 e. The third-order valence-corrected chi connectivity index (χ3v) is 1.81. The number of ketones is 1. The molecule has 0 fully saturated rings. The Balaban J connectivity index is 2.87. The van der Waals surface area contributed by atoms with Gasteiger partial charge in [-0.2, -0.15) is 0 Å². The molecule has 1 aromatic heterocycles. The molecule has 0 bridgehead atoms. The van der Waals surface area contributed by atoms with E-state index in [1.54, 1.807) is 4.68 Å². The minimum atomic E-state index is -0.0630. The summed E-state index contributed by atoms with van der Waals surface area (Å²) in [5.41, 5.74) is 0. The van der Waals surface area contributed by atoms with E-state index in [4.69, 9.17) is 0 Å². The molecule has 0 atom stereocenters. The highest BCUT2D eigenvalue weighted by Crippen LogP contribution is 2.06. The smallest absolute Gasteiger partial charge is 0.218 e. The van der Waals surface area contributed by atoms with Gasteiger partial charge in [0.1, 0.15) is 0 Å². The molecule has 78 valence electrons. The van der Waals surface area contributed by atoms with Crippen molar-refractivity contribution in [2.45, 2.75) is 34.2 Å². The van der Waals surface area contributed by atoms with E-state index in [-0.39, 0.29) is 11.7 Å². The lowest BCUT2D eigenvalue weighted by Gasteiger charge is -2.07. The Kier molecular flexibility index (Phi) is 3.33. The molecule has 1 rings (SSSR count). The average molecular weight is 196 g/mol. The molecule has 0 aliphatic carbocycles. The lowest BCUT2D eigenvalue weighted by molar-refractivity contribution is 0.0922. The summed E-state index contributed by atoms with van der Waals surface area (Å²) in [6.07, 6.45) is 0. The fourth-order valence-electron chi connectivity index (χ4n) is 1.11. The van der Waals surface area contributed by atoms with Crippen molar-refractivity contribution in [1.82, 2.24) is 20.2 Å². The van der Waals surface area contributed by atoms with Crippen molar-refractivity contribution in [2.24, 2.45) is 11.8 Å². The molecule has 0 amide bonds. The third kappa shape index (κ3) is 2.37. The van der Waals surface area contributed by atoms with Crippen molar-refractivity contribution < 1.29 is 4.79 Å². The number of hydrogen-bond donors (Lipinski definition) is 0. The fourth-order valence-corrected chi connectivity index (χ4v) is 1.11. The number of carbonyl (C=O) groups is 1. The quantitative estimate of drug-likeness (QED) is 0.678. The van der Waals surface area contributed by atoms with Crippen LogP contribution in [0.3, 0.4) is 0 Å². The van der Waals surface area contributed by atoms with Gasteiger partial charge in [-0.05, 0) is 16.3 Å². The van der Waals surface area contributed by atoms with Crippen LogP contribution in [0.4, 0.5) is 0 Å². The predicted molar refractivity (Wildman–Crippen MR) is 51.8 cm³/mol. The minimum absolute atomic E-state index is 0.00403. The van der Waals surface area contributed by atoms with E-state index >= 15 is 0 Å². The van der Waals surface area contributed by atoms with Gasteiger partial charge in [0.15, 0.2) is 0 Å². The molecule has 14 heavy (non-hydrogen) atoms. The van der Waals surface area contributed by atoms with Gasteiger partial charge in [-0.15, -0.1) is 5.10 Å². The maximum absolute atomic E-state index is 11.6. The summed E-state index contributed by atoms with van der Waals surface area (Å²) in [7, 11) is 0. The van der Waals surface area contributed by atoms with Crippen LogP contribution in [-0.4, -0.2) is 26.0 Å². The fraction of sp³-hybridized carbons (Fsp3) is 0.778. The second-order valence-corrected chi connectivity index (χ2v) is 4.10. The van der Waals surface area contributed by atoms with Crippen molar-refractivity contribution in [3.8, 4) is 0 Å². The standard InChI is InChI=1S/C9H16N4O/c1-6(2)5-13-9(10-11-12-13)8(14)7(3)4/h6-7H,5H2,1-4H3. The molecule has 0 aromatic carbocycles. The van der Waals surface area contributed by atoms with E-state index in [0.29, 0.717) is 18.3 Å². The SMILES string of the molecule is CC(C)Cn1nnnc1C(=O)C(C)C. The molecule has 0 unspecified atom stereocenters. The van der Waals surface area contributed by atoms with Gasteiger partial charge in [-0.1, -0.05) is 27.7 Å². The summed E-state index contributed by atoms with van der Waals surface area (Å²) < 4.78 is 1.58. The van der Waals surface area contributed by atoms with Crippen molar-refractivity contribution in [2.75, 3.05) is 0 Å². The monoisotopic (exact) mass is 196 g/mol. The normalized spacial score (nSPS) is 11.3. The van der Waals surface area contributed by atoms with E-state index in [9.17, 15) is 4.79 Å². The summed E-state index contributed by atoms with van der Waals surface area (Å²) in [6, 6.07) is 0. The summed E-state index contributed by atoms with van der Waals surface area (Å²) >= 11 is 0. The second-order valence-electron chi connectivity index (χ2n) is 4.10. The summed E-state index contributed by atoms with van der Waals surface area (Å²) in [4.78, 5) is 11.6. The molecule has 1 heterocycles. The molecule has 0 spiro atoms. The van der Waals surface area contributed by atoms with Gasteiger partial charge < -0.3 is 0 Å².